The summed E-state index contributed by atoms with van der Waals surface area (Å²) >= 11 is 12.7. The number of methoxy groups -OCH3 is 4. The van der Waals surface area contributed by atoms with Crippen LogP contribution in [0.15, 0.2) is 103 Å². The van der Waals surface area contributed by atoms with Crippen LogP contribution in [0.4, 0.5) is 24.7 Å². The molecule has 2 saturated heterocycles. The van der Waals surface area contributed by atoms with E-state index in [1.54, 1.807) is 74.9 Å². The monoisotopic (exact) mass is 968 g/mol. The maximum Gasteiger partial charge on any atom is 0.417 e. The molecular formula is C50H41Cl2F3N4O9. The van der Waals surface area contributed by atoms with E-state index in [0.717, 1.165) is 16.0 Å². The van der Waals surface area contributed by atoms with Crippen molar-refractivity contribution in [1.29, 1.82) is 0 Å². The van der Waals surface area contributed by atoms with E-state index in [-0.39, 0.29) is 35.7 Å². The second-order valence-electron chi connectivity index (χ2n) is 16.7. The molecule has 0 radical (unpaired) electrons. The number of phenolic OH excluding ortho intramolecular Hbond substituents is 1. The fraction of sp³-hybridized carbons (Fsp3) is 0.260. The molecule has 350 valence electrons. The fourth-order valence-electron chi connectivity index (χ4n) is 10.5. The van der Waals surface area contributed by atoms with Crippen molar-refractivity contribution in [3.05, 3.63) is 141 Å². The molecule has 18 heteroatoms. The number of anilines is 2. The van der Waals surface area contributed by atoms with E-state index in [2.05, 4.69) is 10.4 Å². The predicted octanol–water partition coefficient (Wildman–Crippen LogP) is 9.51. The normalized spacial score (nSPS) is 23.3. The first-order valence-corrected chi connectivity index (χ1v) is 22.0. The van der Waals surface area contributed by atoms with Crippen molar-refractivity contribution >= 4 is 70.5 Å². The maximum absolute atomic E-state index is 15.7. The van der Waals surface area contributed by atoms with Crippen molar-refractivity contribution < 1.29 is 56.4 Å². The molecule has 13 nitrogen and oxygen atoms in total. The molecule has 9 rings (SSSR count). The molecule has 6 unspecified atom stereocenters. The number of imide groups is 2. The first kappa shape index (κ1) is 46.1. The average molecular weight is 970 g/mol. The molecule has 3 heterocycles. The number of aromatic nitrogens is 1. The summed E-state index contributed by atoms with van der Waals surface area (Å²) in [7, 11) is 5.85. The van der Waals surface area contributed by atoms with Crippen LogP contribution in [0, 0.1) is 23.7 Å². The summed E-state index contributed by atoms with van der Waals surface area (Å²) < 4.78 is 63.6. The smallest absolute Gasteiger partial charge is 0.417 e. The van der Waals surface area contributed by atoms with Crippen molar-refractivity contribution in [2.24, 2.45) is 23.7 Å². The van der Waals surface area contributed by atoms with Crippen molar-refractivity contribution in [1.82, 2.24) is 9.99 Å². The Hall–Kier alpha value is -7.04. The summed E-state index contributed by atoms with van der Waals surface area (Å²) in [6.07, 6.45) is 1.22. The number of benzene rings is 4. The van der Waals surface area contributed by atoms with Gasteiger partial charge in [-0.05, 0) is 78.4 Å². The summed E-state index contributed by atoms with van der Waals surface area (Å²) in [5.41, 5.74) is 2.53. The molecule has 0 spiro atoms. The predicted molar refractivity (Wildman–Crippen MR) is 245 cm³/mol. The molecule has 5 aromatic rings. The number of phenols is 1. The van der Waals surface area contributed by atoms with Crippen LogP contribution in [-0.4, -0.2) is 67.2 Å². The second-order valence-corrected chi connectivity index (χ2v) is 17.6. The van der Waals surface area contributed by atoms with Gasteiger partial charge in [-0.3, -0.25) is 29.5 Å². The second kappa shape index (κ2) is 17.6. The number of allylic oxidation sites excluding steroid dienone is 2. The third kappa shape index (κ3) is 7.46. The number of hydrazine groups is 1. The SMILES string of the molecule is COc1ccc(OC)c(C=Cc2ccc(N3C(=O)C4CC=C5C(CC6C(=O)N(Nc7ncc(C(F)(F)F)cc7Cl)C(=O)C6(c6ccc(Cl)cc6)C5c5c(OC)cc(O)cc5OC)C4C3=O)cc2)c1. The zero-order valence-corrected chi connectivity index (χ0v) is 38.1. The number of rotatable bonds is 11. The first-order valence-electron chi connectivity index (χ1n) is 21.2. The molecular weight excluding hydrogens is 928 g/mol. The number of ether oxygens (including phenoxy) is 4. The molecule has 3 fully saturated rings. The lowest BCUT2D eigenvalue weighted by Crippen LogP contribution is -2.53. The Bertz CT molecular complexity index is 2920. The summed E-state index contributed by atoms with van der Waals surface area (Å²) in [5.74, 6) is -6.99. The van der Waals surface area contributed by atoms with Crippen molar-refractivity contribution in [2.75, 3.05) is 38.8 Å². The number of carbonyl (C=O) groups is 4. The molecule has 4 aliphatic rings. The minimum Gasteiger partial charge on any atom is -0.508 e. The molecule has 2 aliphatic carbocycles. The van der Waals surface area contributed by atoms with Gasteiger partial charge in [-0.1, -0.05) is 71.3 Å². The number of pyridine rings is 1. The van der Waals surface area contributed by atoms with Gasteiger partial charge < -0.3 is 24.1 Å². The van der Waals surface area contributed by atoms with Crippen LogP contribution >= 0.6 is 23.2 Å². The van der Waals surface area contributed by atoms with Gasteiger partial charge in [-0.2, -0.15) is 18.2 Å². The minimum atomic E-state index is -4.79. The van der Waals surface area contributed by atoms with E-state index < -0.39 is 81.2 Å². The molecule has 1 aromatic heterocycles. The number of alkyl halides is 3. The summed E-state index contributed by atoms with van der Waals surface area (Å²) in [5, 5.41) is 11.3. The lowest BCUT2D eigenvalue weighted by molar-refractivity contribution is -0.139. The summed E-state index contributed by atoms with van der Waals surface area (Å²) in [6.45, 7) is 0. The largest absolute Gasteiger partial charge is 0.508 e. The Kier molecular flexibility index (Phi) is 11.9. The van der Waals surface area contributed by atoms with Crippen LogP contribution in [0.1, 0.15) is 46.6 Å². The maximum atomic E-state index is 15.7. The van der Waals surface area contributed by atoms with Crippen molar-refractivity contribution in [3.8, 4) is 28.7 Å². The molecule has 4 amide bonds. The number of fused-ring (bicyclic) bond motifs is 4. The molecule has 1 saturated carbocycles. The van der Waals surface area contributed by atoms with Gasteiger partial charge in [0, 0.05) is 40.4 Å². The van der Waals surface area contributed by atoms with E-state index in [4.69, 9.17) is 42.1 Å². The van der Waals surface area contributed by atoms with Crippen LogP contribution in [0.2, 0.25) is 10.0 Å². The summed E-state index contributed by atoms with van der Waals surface area (Å²) in [6, 6.07) is 21.9. The van der Waals surface area contributed by atoms with Crippen LogP contribution in [0.25, 0.3) is 12.2 Å². The summed E-state index contributed by atoms with van der Waals surface area (Å²) in [4.78, 5) is 65.4. The van der Waals surface area contributed by atoms with E-state index in [0.29, 0.717) is 50.6 Å². The number of aromatic hydroxyl groups is 1. The first-order chi connectivity index (χ1) is 32.5. The van der Waals surface area contributed by atoms with Crippen LogP contribution < -0.4 is 29.3 Å². The van der Waals surface area contributed by atoms with Gasteiger partial charge in [0.2, 0.25) is 11.8 Å². The number of amides is 4. The van der Waals surface area contributed by atoms with Gasteiger partial charge >= 0.3 is 6.18 Å². The number of nitrogens with one attached hydrogen (secondary N) is 1. The van der Waals surface area contributed by atoms with Crippen LogP contribution in [0.5, 0.6) is 28.7 Å². The lowest BCUT2D eigenvalue weighted by atomic mass is 9.49. The lowest BCUT2D eigenvalue weighted by Gasteiger charge is -2.51. The third-order valence-electron chi connectivity index (χ3n) is 13.4. The van der Waals surface area contributed by atoms with Crippen LogP contribution in [-0.2, 0) is 30.8 Å². The standard InChI is InChI=1S/C50H41Cl2F3N4O9/c1-65-32-15-18-38(66-2)26(19-32)8-5-25-6-13-30(14-7-25)58-45(61)34-17-16-33-35(41(34)47(58)63)23-36-46(62)59(57-44-37(52)20-28(24-56-44)50(53,54)55)48(64)49(36,27-9-11-29(51)12-10-27)43(33)42-39(67-3)21-31(60)22-40(42)68-4/h5-16,18-22,24,34-36,41,43,60H,17,23H2,1-4H3,(H,56,57). The number of nitrogens with zero attached hydrogens (tertiary/aromatic N) is 3. The number of halogens is 5. The molecule has 6 atom stereocenters. The van der Waals surface area contributed by atoms with Crippen molar-refractivity contribution in [3.63, 3.8) is 0 Å². The zero-order valence-electron chi connectivity index (χ0n) is 36.6. The van der Waals surface area contributed by atoms with Gasteiger partial charge in [-0.15, -0.1) is 0 Å². The highest BCUT2D eigenvalue weighted by Crippen LogP contribution is 2.66. The topological polar surface area (TPSA) is 157 Å². The minimum absolute atomic E-state index is 0.0798. The third-order valence-corrected chi connectivity index (χ3v) is 14.0. The highest BCUT2D eigenvalue weighted by Gasteiger charge is 2.71. The number of carbonyl (C=O) groups excluding carboxylic acids is 4. The molecule has 2 N–H and O–H groups in total. The highest BCUT2D eigenvalue weighted by molar-refractivity contribution is 6.33. The van der Waals surface area contributed by atoms with E-state index in [1.807, 2.05) is 24.3 Å². The van der Waals surface area contributed by atoms with Crippen LogP contribution in [0.3, 0.4) is 0 Å². The van der Waals surface area contributed by atoms with Gasteiger partial charge in [-0.25, -0.2) is 4.98 Å². The Balaban J connectivity index is 1.15. The molecule has 0 bridgehead atoms. The zero-order chi connectivity index (χ0) is 48.4. The quantitative estimate of drug-likeness (QED) is 0.0739. The highest BCUT2D eigenvalue weighted by atomic mass is 35.5. The van der Waals surface area contributed by atoms with E-state index in [1.165, 1.54) is 26.4 Å². The number of hydrogen-bond donors (Lipinski definition) is 2. The van der Waals surface area contributed by atoms with Gasteiger partial charge in [0.15, 0.2) is 5.82 Å². The molecule has 68 heavy (non-hydrogen) atoms. The number of hydrogen-bond acceptors (Lipinski definition) is 11. The Morgan fingerprint density at radius 3 is 2.09 bits per heavy atom. The van der Waals surface area contributed by atoms with E-state index >= 15 is 9.59 Å². The molecule has 4 aromatic carbocycles. The fourth-order valence-corrected chi connectivity index (χ4v) is 10.8. The van der Waals surface area contributed by atoms with Crippen molar-refractivity contribution in [2.45, 2.75) is 30.4 Å². The Labute approximate surface area is 397 Å². The average Bonchev–Trinajstić information content (AvgIpc) is 3.71. The Morgan fingerprint density at radius 2 is 1.47 bits per heavy atom. The van der Waals surface area contributed by atoms with Gasteiger partial charge in [0.25, 0.3) is 11.8 Å². The van der Waals surface area contributed by atoms with E-state index in [9.17, 15) is 27.9 Å². The van der Waals surface area contributed by atoms with Gasteiger partial charge in [0.1, 0.15) is 28.7 Å². The Morgan fingerprint density at radius 1 is 0.794 bits per heavy atom. The molecule has 2 aliphatic heterocycles. The van der Waals surface area contributed by atoms with Gasteiger partial charge in [0.05, 0.1) is 67.9 Å².